The van der Waals surface area contributed by atoms with Crippen LogP contribution >= 0.6 is 0 Å². The van der Waals surface area contributed by atoms with Crippen molar-refractivity contribution in [3.63, 3.8) is 0 Å². The third-order valence-corrected chi connectivity index (χ3v) is 3.41. The topological polar surface area (TPSA) is 16.8 Å². The van der Waals surface area contributed by atoms with Gasteiger partial charge in [0.1, 0.15) is 0 Å². The molecular formula is C13H14N2O. The highest BCUT2D eigenvalue weighted by Crippen LogP contribution is 2.33. The monoisotopic (exact) mass is 214 g/mol. The highest BCUT2D eigenvalue weighted by molar-refractivity contribution is 5.65. The minimum Gasteiger partial charge on any atom is -0.377 e. The van der Waals surface area contributed by atoms with Gasteiger partial charge in [-0.3, -0.25) is 0 Å². The van der Waals surface area contributed by atoms with E-state index >= 15 is 0 Å². The van der Waals surface area contributed by atoms with Crippen LogP contribution in [0.1, 0.15) is 12.0 Å². The molecule has 2 aliphatic heterocycles. The van der Waals surface area contributed by atoms with Crippen LogP contribution in [0.4, 0.5) is 11.4 Å². The summed E-state index contributed by atoms with van der Waals surface area (Å²) >= 11 is 0. The van der Waals surface area contributed by atoms with Gasteiger partial charge in [-0.05, 0) is 24.5 Å². The fraction of sp³-hybridized carbons (Fsp3) is 0.462. The first-order chi connectivity index (χ1) is 7.88. The van der Waals surface area contributed by atoms with Gasteiger partial charge in [0, 0.05) is 12.2 Å². The van der Waals surface area contributed by atoms with Crippen molar-refractivity contribution in [2.75, 3.05) is 24.7 Å². The normalized spacial score (nSPS) is 19.8. The molecule has 0 amide bonds. The number of anilines is 1. The standard InChI is InChI=1S/C13H14N2O/c1-14-11-5-4-10-3-2-6-15(13(10)7-11)12-8-16-9-12/h4-5,7,12H,2-3,6,8-9H2. The predicted octanol–water partition coefficient (Wildman–Crippen LogP) is 2.39. The van der Waals surface area contributed by atoms with E-state index in [-0.39, 0.29) is 0 Å². The third-order valence-electron chi connectivity index (χ3n) is 3.41. The van der Waals surface area contributed by atoms with Crippen LogP contribution in [0.3, 0.4) is 0 Å². The number of hydrogen-bond donors (Lipinski definition) is 0. The smallest absolute Gasteiger partial charge is 0.189 e. The maximum Gasteiger partial charge on any atom is 0.189 e. The lowest BCUT2D eigenvalue weighted by atomic mass is 9.99. The Kier molecular flexibility index (Phi) is 2.30. The molecule has 3 rings (SSSR count). The lowest BCUT2D eigenvalue weighted by molar-refractivity contribution is 0.00757. The summed E-state index contributed by atoms with van der Waals surface area (Å²) in [6.45, 7) is 9.84. The van der Waals surface area contributed by atoms with Gasteiger partial charge < -0.3 is 9.64 Å². The summed E-state index contributed by atoms with van der Waals surface area (Å²) in [6, 6.07) is 6.58. The first-order valence-corrected chi connectivity index (χ1v) is 5.73. The molecule has 1 aromatic carbocycles. The number of hydrogen-bond acceptors (Lipinski definition) is 2. The number of benzene rings is 1. The maximum absolute atomic E-state index is 7.07. The lowest BCUT2D eigenvalue weighted by Crippen LogP contribution is -2.51. The molecule has 0 N–H and O–H groups in total. The Morgan fingerprint density at radius 1 is 1.38 bits per heavy atom. The second-order valence-corrected chi connectivity index (χ2v) is 4.41. The van der Waals surface area contributed by atoms with Crippen molar-refractivity contribution in [3.8, 4) is 0 Å². The fourth-order valence-electron chi connectivity index (χ4n) is 2.44. The zero-order chi connectivity index (χ0) is 11.0. The van der Waals surface area contributed by atoms with E-state index in [0.29, 0.717) is 6.04 Å². The van der Waals surface area contributed by atoms with Gasteiger partial charge in [-0.2, -0.15) is 0 Å². The molecule has 16 heavy (non-hydrogen) atoms. The molecule has 0 saturated carbocycles. The number of ether oxygens (including phenoxy) is 1. The number of nitrogens with zero attached hydrogens (tertiary/aromatic N) is 2. The predicted molar refractivity (Wildman–Crippen MR) is 63.0 cm³/mol. The van der Waals surface area contributed by atoms with E-state index in [1.807, 2.05) is 12.1 Å². The van der Waals surface area contributed by atoms with Crippen LogP contribution in [-0.2, 0) is 11.2 Å². The molecule has 0 aliphatic carbocycles. The van der Waals surface area contributed by atoms with Crippen LogP contribution in [0.5, 0.6) is 0 Å². The molecule has 0 aromatic heterocycles. The molecule has 0 spiro atoms. The van der Waals surface area contributed by atoms with Gasteiger partial charge in [0.25, 0.3) is 0 Å². The molecule has 0 radical (unpaired) electrons. The number of aryl methyl sites for hydroxylation is 1. The van der Waals surface area contributed by atoms with Gasteiger partial charge in [-0.25, -0.2) is 4.85 Å². The van der Waals surface area contributed by atoms with Crippen molar-refractivity contribution < 1.29 is 4.74 Å². The van der Waals surface area contributed by atoms with Gasteiger partial charge in [0.15, 0.2) is 5.69 Å². The molecule has 1 saturated heterocycles. The van der Waals surface area contributed by atoms with Crippen molar-refractivity contribution >= 4 is 11.4 Å². The average molecular weight is 214 g/mol. The summed E-state index contributed by atoms with van der Waals surface area (Å²) in [5.74, 6) is 0. The van der Waals surface area contributed by atoms with E-state index < -0.39 is 0 Å². The molecule has 3 nitrogen and oxygen atoms in total. The molecule has 0 bridgehead atoms. The minimum absolute atomic E-state index is 0.528. The van der Waals surface area contributed by atoms with Crippen molar-refractivity contribution in [1.82, 2.24) is 0 Å². The van der Waals surface area contributed by atoms with Crippen molar-refractivity contribution in [1.29, 1.82) is 0 Å². The Balaban J connectivity index is 1.98. The number of fused-ring (bicyclic) bond motifs is 1. The van der Waals surface area contributed by atoms with Gasteiger partial charge in [0.2, 0.25) is 0 Å². The quantitative estimate of drug-likeness (QED) is 0.668. The second-order valence-electron chi connectivity index (χ2n) is 4.41. The van der Waals surface area contributed by atoms with E-state index in [4.69, 9.17) is 11.3 Å². The average Bonchev–Trinajstić information content (AvgIpc) is 2.27. The first-order valence-electron chi connectivity index (χ1n) is 5.73. The molecule has 2 aliphatic rings. The van der Waals surface area contributed by atoms with E-state index in [0.717, 1.165) is 31.9 Å². The fourth-order valence-corrected chi connectivity index (χ4v) is 2.44. The van der Waals surface area contributed by atoms with Crippen LogP contribution in [0, 0.1) is 6.57 Å². The summed E-state index contributed by atoms with van der Waals surface area (Å²) in [5.41, 5.74) is 3.38. The summed E-state index contributed by atoms with van der Waals surface area (Å²) in [7, 11) is 0. The molecular weight excluding hydrogens is 200 g/mol. The SMILES string of the molecule is [C-]#[N+]c1ccc2c(c1)N(C1COC1)CCC2. The summed E-state index contributed by atoms with van der Waals surface area (Å²) in [5, 5.41) is 0. The Bertz CT molecular complexity index is 446. The molecule has 3 heteroatoms. The molecule has 1 aromatic rings. The number of rotatable bonds is 1. The van der Waals surface area contributed by atoms with Gasteiger partial charge in [-0.15, -0.1) is 0 Å². The maximum atomic E-state index is 7.07. The van der Waals surface area contributed by atoms with E-state index in [1.54, 1.807) is 0 Å². The van der Waals surface area contributed by atoms with E-state index in [1.165, 1.54) is 17.7 Å². The van der Waals surface area contributed by atoms with Gasteiger partial charge in [0.05, 0.1) is 25.8 Å². The second kappa shape index (κ2) is 3.80. The molecule has 0 unspecified atom stereocenters. The lowest BCUT2D eigenvalue weighted by Gasteiger charge is -2.42. The molecule has 0 atom stereocenters. The van der Waals surface area contributed by atoms with E-state index in [2.05, 4.69) is 15.8 Å². The Morgan fingerprint density at radius 3 is 2.94 bits per heavy atom. The van der Waals surface area contributed by atoms with Crippen LogP contribution in [-0.4, -0.2) is 25.8 Å². The Labute approximate surface area is 95.5 Å². The van der Waals surface area contributed by atoms with Gasteiger partial charge in [-0.1, -0.05) is 12.1 Å². The van der Waals surface area contributed by atoms with Crippen LogP contribution in [0.25, 0.3) is 4.85 Å². The molecule has 1 fully saturated rings. The van der Waals surface area contributed by atoms with Crippen molar-refractivity contribution in [2.24, 2.45) is 0 Å². The summed E-state index contributed by atoms with van der Waals surface area (Å²) in [4.78, 5) is 5.92. The molecule has 2 heterocycles. The van der Waals surface area contributed by atoms with Crippen LogP contribution < -0.4 is 4.90 Å². The van der Waals surface area contributed by atoms with E-state index in [9.17, 15) is 0 Å². The van der Waals surface area contributed by atoms with Crippen LogP contribution in [0.15, 0.2) is 18.2 Å². The Morgan fingerprint density at radius 2 is 2.25 bits per heavy atom. The zero-order valence-corrected chi connectivity index (χ0v) is 9.15. The first kappa shape index (κ1) is 9.68. The largest absolute Gasteiger partial charge is 0.377 e. The Hall–Kier alpha value is -1.53. The highest BCUT2D eigenvalue weighted by atomic mass is 16.5. The third kappa shape index (κ3) is 1.46. The van der Waals surface area contributed by atoms with Crippen molar-refractivity contribution in [3.05, 3.63) is 35.2 Å². The summed E-state index contributed by atoms with van der Waals surface area (Å²) in [6.07, 6.45) is 2.35. The molecule has 82 valence electrons. The van der Waals surface area contributed by atoms with Gasteiger partial charge >= 0.3 is 0 Å². The minimum atomic E-state index is 0.528. The van der Waals surface area contributed by atoms with Crippen molar-refractivity contribution in [2.45, 2.75) is 18.9 Å². The van der Waals surface area contributed by atoms with Crippen LogP contribution in [0.2, 0.25) is 0 Å². The summed E-state index contributed by atoms with van der Waals surface area (Å²) < 4.78 is 5.26. The highest BCUT2D eigenvalue weighted by Gasteiger charge is 2.29. The zero-order valence-electron chi connectivity index (χ0n) is 9.15.